The second-order valence-electron chi connectivity index (χ2n) is 11.2. The monoisotopic (exact) mass is 510 g/mol. The minimum Gasteiger partial charge on any atom is -0.374 e. The van der Waals surface area contributed by atoms with E-state index in [0.29, 0.717) is 31.6 Å². The van der Waals surface area contributed by atoms with Gasteiger partial charge in [0.05, 0.1) is 6.54 Å². The molecule has 9 nitrogen and oxygen atoms in total. The summed E-state index contributed by atoms with van der Waals surface area (Å²) in [4.78, 5) is 46.5. The number of ketones is 1. The summed E-state index contributed by atoms with van der Waals surface area (Å²) in [6.45, 7) is 6.89. The van der Waals surface area contributed by atoms with Crippen molar-refractivity contribution in [3.63, 3.8) is 0 Å². The van der Waals surface area contributed by atoms with Gasteiger partial charge in [-0.2, -0.15) is 0 Å². The van der Waals surface area contributed by atoms with E-state index in [1.165, 1.54) is 12.8 Å². The van der Waals surface area contributed by atoms with Gasteiger partial charge in [0, 0.05) is 50.1 Å². The Hall–Kier alpha value is -2.49. The van der Waals surface area contributed by atoms with Crippen LogP contribution in [0.15, 0.2) is 24.3 Å². The van der Waals surface area contributed by atoms with Crippen LogP contribution in [0, 0.1) is 0 Å². The van der Waals surface area contributed by atoms with Gasteiger partial charge in [-0.15, -0.1) is 0 Å². The van der Waals surface area contributed by atoms with Crippen LogP contribution in [0.3, 0.4) is 0 Å². The van der Waals surface area contributed by atoms with E-state index >= 15 is 0 Å². The number of amides is 2. The topological polar surface area (TPSA) is 91.4 Å². The molecule has 0 spiro atoms. The van der Waals surface area contributed by atoms with Gasteiger partial charge in [-0.1, -0.05) is 12.8 Å². The third-order valence-electron chi connectivity index (χ3n) is 8.87. The van der Waals surface area contributed by atoms with Gasteiger partial charge in [-0.05, 0) is 56.9 Å². The van der Waals surface area contributed by atoms with E-state index in [4.69, 9.17) is 9.47 Å². The van der Waals surface area contributed by atoms with E-state index in [1.54, 1.807) is 4.90 Å². The molecule has 0 bridgehead atoms. The van der Waals surface area contributed by atoms with E-state index < -0.39 is 17.7 Å². The Balaban J connectivity index is 1.14. The van der Waals surface area contributed by atoms with Gasteiger partial charge in [0.25, 0.3) is 5.91 Å². The fraction of sp³-hybridized carbons (Fsp3) is 0.679. The summed E-state index contributed by atoms with van der Waals surface area (Å²) in [5.74, 6) is -0.514. The highest BCUT2D eigenvalue weighted by Crippen LogP contribution is 2.37. The summed E-state index contributed by atoms with van der Waals surface area (Å²) < 4.78 is 11.5. The average Bonchev–Trinajstić information content (AvgIpc) is 3.38. The Morgan fingerprint density at radius 2 is 1.78 bits per heavy atom. The summed E-state index contributed by atoms with van der Waals surface area (Å²) in [6.07, 6.45) is 4.79. The van der Waals surface area contributed by atoms with E-state index in [0.717, 1.165) is 50.7 Å². The summed E-state index contributed by atoms with van der Waals surface area (Å²) in [7, 11) is 0. The Kier molecular flexibility index (Phi) is 6.71. The van der Waals surface area contributed by atoms with E-state index in [9.17, 15) is 14.4 Å². The zero-order valence-electron chi connectivity index (χ0n) is 21.7. The highest BCUT2D eigenvalue weighted by atomic mass is 16.6. The van der Waals surface area contributed by atoms with Crippen molar-refractivity contribution in [2.24, 2.45) is 0 Å². The fourth-order valence-corrected chi connectivity index (χ4v) is 6.73. The SMILES string of the molecule is CCO[C@H]1CN(C(=O)C2(NC(=O)c3ccc(N4CCN(C5CC5)CC4)cc3)CCCC2)[C@@H]2C(=O)CO[C@H]12. The van der Waals surface area contributed by atoms with Gasteiger partial charge < -0.3 is 24.6 Å². The van der Waals surface area contributed by atoms with Gasteiger partial charge in [0.15, 0.2) is 5.78 Å². The number of carbonyl (C=O) groups excluding carboxylic acids is 3. The van der Waals surface area contributed by atoms with Crippen molar-refractivity contribution >= 4 is 23.3 Å². The highest BCUT2D eigenvalue weighted by molar-refractivity contribution is 6.01. The molecule has 3 aliphatic heterocycles. The van der Waals surface area contributed by atoms with Crippen LogP contribution >= 0.6 is 0 Å². The predicted octanol–water partition coefficient (Wildman–Crippen LogP) is 1.60. The van der Waals surface area contributed by atoms with Crippen LogP contribution in [-0.2, 0) is 19.1 Å². The minimum absolute atomic E-state index is 0.00399. The molecule has 6 rings (SSSR count). The van der Waals surface area contributed by atoms with Crippen LogP contribution in [0.4, 0.5) is 5.69 Å². The summed E-state index contributed by atoms with van der Waals surface area (Å²) in [5.41, 5.74) is 0.679. The lowest BCUT2D eigenvalue weighted by Crippen LogP contribution is -2.60. The number of ether oxygens (including phenoxy) is 2. The summed E-state index contributed by atoms with van der Waals surface area (Å²) in [5, 5.41) is 3.11. The number of benzene rings is 1. The quantitative estimate of drug-likeness (QED) is 0.596. The lowest BCUT2D eigenvalue weighted by atomic mass is 9.93. The van der Waals surface area contributed by atoms with Crippen LogP contribution in [-0.4, -0.2) is 103 Å². The minimum atomic E-state index is -0.997. The second-order valence-corrected chi connectivity index (χ2v) is 11.2. The first kappa shape index (κ1) is 24.8. The molecule has 3 atom stereocenters. The molecule has 2 amide bonds. The third kappa shape index (κ3) is 4.66. The molecule has 0 unspecified atom stereocenters. The first-order chi connectivity index (χ1) is 18.0. The molecule has 1 aromatic carbocycles. The second kappa shape index (κ2) is 10.0. The number of nitrogens with zero attached hydrogens (tertiary/aromatic N) is 3. The maximum Gasteiger partial charge on any atom is 0.252 e. The number of hydrogen-bond donors (Lipinski definition) is 1. The maximum atomic E-state index is 14.0. The van der Waals surface area contributed by atoms with Crippen LogP contribution in [0.2, 0.25) is 0 Å². The average molecular weight is 511 g/mol. The van der Waals surface area contributed by atoms with Crippen LogP contribution in [0.5, 0.6) is 0 Å². The number of carbonyl (C=O) groups is 3. The molecule has 1 N–H and O–H groups in total. The smallest absolute Gasteiger partial charge is 0.252 e. The Labute approximate surface area is 218 Å². The zero-order chi connectivity index (χ0) is 25.6. The third-order valence-corrected chi connectivity index (χ3v) is 8.87. The van der Waals surface area contributed by atoms with Crippen molar-refractivity contribution in [1.82, 2.24) is 15.1 Å². The van der Waals surface area contributed by atoms with Gasteiger partial charge in [-0.3, -0.25) is 19.3 Å². The number of Topliss-reactive ketones (excluding diaryl/α,β-unsaturated/α-hetero) is 1. The van der Waals surface area contributed by atoms with Crippen molar-refractivity contribution in [3.8, 4) is 0 Å². The molecule has 37 heavy (non-hydrogen) atoms. The number of likely N-dealkylation sites (tertiary alicyclic amines) is 1. The number of hydrogen-bond acceptors (Lipinski definition) is 7. The van der Waals surface area contributed by atoms with Crippen molar-refractivity contribution in [1.29, 1.82) is 0 Å². The van der Waals surface area contributed by atoms with E-state index in [-0.39, 0.29) is 30.3 Å². The van der Waals surface area contributed by atoms with Gasteiger partial charge >= 0.3 is 0 Å². The van der Waals surface area contributed by atoms with E-state index in [2.05, 4.69) is 15.1 Å². The molecule has 0 aromatic heterocycles. The first-order valence-corrected chi connectivity index (χ1v) is 14.0. The van der Waals surface area contributed by atoms with Gasteiger partial charge in [-0.25, -0.2) is 0 Å². The summed E-state index contributed by atoms with van der Waals surface area (Å²) in [6, 6.07) is 7.91. The van der Waals surface area contributed by atoms with Crippen LogP contribution < -0.4 is 10.2 Å². The Morgan fingerprint density at radius 1 is 1.08 bits per heavy atom. The fourth-order valence-electron chi connectivity index (χ4n) is 6.73. The van der Waals surface area contributed by atoms with Crippen molar-refractivity contribution in [2.75, 3.05) is 50.8 Å². The Bertz CT molecular complexity index is 1030. The molecule has 5 fully saturated rings. The lowest BCUT2D eigenvalue weighted by Gasteiger charge is -2.36. The molecule has 1 aromatic rings. The zero-order valence-corrected chi connectivity index (χ0v) is 21.7. The molecule has 3 heterocycles. The van der Waals surface area contributed by atoms with Crippen molar-refractivity contribution < 1.29 is 23.9 Å². The predicted molar refractivity (Wildman–Crippen MR) is 138 cm³/mol. The van der Waals surface area contributed by atoms with Gasteiger partial charge in [0.2, 0.25) is 5.91 Å². The number of rotatable bonds is 7. The molecule has 5 aliphatic rings. The Morgan fingerprint density at radius 3 is 2.43 bits per heavy atom. The van der Waals surface area contributed by atoms with Crippen LogP contribution in [0.25, 0.3) is 0 Å². The van der Waals surface area contributed by atoms with Gasteiger partial charge in [0.1, 0.15) is 30.4 Å². The molecular weight excluding hydrogens is 472 g/mol. The van der Waals surface area contributed by atoms with E-state index in [1.807, 2.05) is 31.2 Å². The standard InChI is InChI=1S/C28H38N4O5/c1-2-36-23-17-32(24-22(33)18-37-25(23)24)27(35)28(11-3-4-12-28)29-26(34)19-5-7-20(8-6-19)30-13-15-31(16-14-30)21-9-10-21/h5-8,21,23-25H,2-4,9-18H2,1H3,(H,29,34)/t23-,24+,25+/m0/s1. The molecule has 9 heteroatoms. The normalized spacial score (nSPS) is 29.5. The molecule has 0 radical (unpaired) electrons. The van der Waals surface area contributed by atoms with Crippen molar-refractivity contribution in [2.45, 2.75) is 75.3 Å². The largest absolute Gasteiger partial charge is 0.374 e. The maximum absolute atomic E-state index is 14.0. The molecule has 200 valence electrons. The highest BCUT2D eigenvalue weighted by Gasteiger charge is 2.57. The number of fused-ring (bicyclic) bond motifs is 1. The molecule has 2 saturated carbocycles. The summed E-state index contributed by atoms with van der Waals surface area (Å²) >= 11 is 0. The molecule has 3 saturated heterocycles. The first-order valence-electron chi connectivity index (χ1n) is 14.0. The van der Waals surface area contributed by atoms with Crippen LogP contribution in [0.1, 0.15) is 55.8 Å². The number of nitrogens with one attached hydrogen (secondary N) is 1. The number of piperazine rings is 1. The van der Waals surface area contributed by atoms with Crippen molar-refractivity contribution in [3.05, 3.63) is 29.8 Å². The number of anilines is 1. The lowest BCUT2D eigenvalue weighted by molar-refractivity contribution is -0.142. The molecular formula is C28H38N4O5. The molecule has 2 aliphatic carbocycles.